The second-order valence-electron chi connectivity index (χ2n) is 9.03. The molecule has 8 heteroatoms. The maximum absolute atomic E-state index is 11.1. The van der Waals surface area contributed by atoms with Crippen molar-refractivity contribution in [3.8, 4) is 5.75 Å². The monoisotopic (exact) mass is 524 g/mol. The minimum atomic E-state index is -2.22. The molecule has 0 aliphatic rings. The highest BCUT2D eigenvalue weighted by atomic mass is 35.5. The van der Waals surface area contributed by atoms with E-state index in [2.05, 4.69) is 39.1 Å². The molecule has 0 saturated heterocycles. The Labute approximate surface area is 212 Å². The minimum Gasteiger partial charge on any atom is -0.489 e. The van der Waals surface area contributed by atoms with Gasteiger partial charge in [0.25, 0.3) is 0 Å². The van der Waals surface area contributed by atoms with E-state index in [0.717, 1.165) is 41.7 Å². The maximum atomic E-state index is 11.1. The van der Waals surface area contributed by atoms with Crippen molar-refractivity contribution in [3.05, 3.63) is 64.7 Å². The van der Waals surface area contributed by atoms with Gasteiger partial charge >= 0.3 is 8.03 Å². The summed E-state index contributed by atoms with van der Waals surface area (Å²) >= 11 is 6.30. The van der Waals surface area contributed by atoms with Crippen LogP contribution in [0.2, 0.25) is 23.2 Å². The highest BCUT2D eigenvalue weighted by Crippen LogP contribution is 2.31. The van der Waals surface area contributed by atoms with E-state index in [9.17, 15) is 4.57 Å². The molecule has 2 rings (SSSR count). The Kier molecular flexibility index (Phi) is 12.2. The van der Waals surface area contributed by atoms with Crippen molar-refractivity contribution in [1.82, 2.24) is 5.32 Å². The summed E-state index contributed by atoms with van der Waals surface area (Å²) < 4.78 is 23.6. The van der Waals surface area contributed by atoms with Crippen LogP contribution < -0.4 is 10.1 Å². The normalized spacial score (nSPS) is 15.0. The Morgan fingerprint density at radius 3 is 2.26 bits per heavy atom. The largest absolute Gasteiger partial charge is 0.512 e. The number of hydrogen-bond donors (Lipinski definition) is 2. The highest BCUT2D eigenvalue weighted by Gasteiger charge is 2.32. The number of hydrogen-bond acceptors (Lipinski definition) is 4. The van der Waals surface area contributed by atoms with Gasteiger partial charge in [0.05, 0.1) is 6.10 Å². The Morgan fingerprint density at radius 1 is 1.06 bits per heavy atom. The molecular formula is C26H40ClNO4PSi+. The van der Waals surface area contributed by atoms with Crippen LogP contribution in [0.4, 0.5) is 0 Å². The molecule has 0 fully saturated rings. The van der Waals surface area contributed by atoms with E-state index >= 15 is 0 Å². The number of halogens is 1. The summed E-state index contributed by atoms with van der Waals surface area (Å²) in [5, 5.41) is 4.41. The lowest BCUT2D eigenvalue weighted by Gasteiger charge is -2.34. The van der Waals surface area contributed by atoms with E-state index in [-0.39, 0.29) is 24.4 Å². The standard InChI is InChI=1S/C26H39ClNO4PSi/c1-6-34(7-2,8-3)32-26(23-10-9-11-24(27)17-23)18-28-20(4)16-22-12-14-25(15-13-22)31-19-21(5)33(29)30/h9-15,17,20-21,26,28H,6-8,16,18-19H2,1-5H3/p+1. The first kappa shape index (κ1) is 29.0. The van der Waals surface area contributed by atoms with Gasteiger partial charge < -0.3 is 14.5 Å². The van der Waals surface area contributed by atoms with Gasteiger partial charge in [-0.1, -0.05) is 56.6 Å². The lowest BCUT2D eigenvalue weighted by molar-refractivity contribution is 0.182. The van der Waals surface area contributed by atoms with E-state index in [4.69, 9.17) is 25.7 Å². The maximum Gasteiger partial charge on any atom is 0.512 e. The van der Waals surface area contributed by atoms with Gasteiger partial charge in [0.2, 0.25) is 5.66 Å². The highest BCUT2D eigenvalue weighted by molar-refractivity contribution is 7.38. The third-order valence-electron chi connectivity index (χ3n) is 6.53. The van der Waals surface area contributed by atoms with Crippen molar-refractivity contribution in [2.45, 2.75) is 77.0 Å². The van der Waals surface area contributed by atoms with Crippen LogP contribution in [0, 0.1) is 0 Å². The smallest absolute Gasteiger partial charge is 0.489 e. The molecule has 0 bridgehead atoms. The summed E-state index contributed by atoms with van der Waals surface area (Å²) in [6.07, 6.45) is 0.850. The molecule has 5 nitrogen and oxygen atoms in total. The zero-order valence-electron chi connectivity index (χ0n) is 21.1. The van der Waals surface area contributed by atoms with E-state index in [1.54, 1.807) is 6.92 Å². The molecule has 4 unspecified atom stereocenters. The molecule has 0 amide bonds. The molecule has 2 aromatic carbocycles. The van der Waals surface area contributed by atoms with Crippen molar-refractivity contribution in [3.63, 3.8) is 0 Å². The number of ether oxygens (including phenoxy) is 1. The van der Waals surface area contributed by atoms with Crippen molar-refractivity contribution in [2.24, 2.45) is 0 Å². The first-order valence-corrected chi connectivity index (χ1v) is 16.4. The Hall–Kier alpha value is -1.27. The average Bonchev–Trinajstić information content (AvgIpc) is 2.84. The molecule has 0 aliphatic heterocycles. The summed E-state index contributed by atoms with van der Waals surface area (Å²) in [6, 6.07) is 19.5. The third kappa shape index (κ3) is 9.07. The van der Waals surface area contributed by atoms with Gasteiger partial charge in [-0.15, -0.1) is 0 Å². The fourth-order valence-electron chi connectivity index (χ4n) is 3.97. The fourth-order valence-corrected chi connectivity index (χ4v) is 7.20. The lowest BCUT2D eigenvalue weighted by atomic mass is 10.1. The predicted octanol–water partition coefficient (Wildman–Crippen LogP) is 7.13. The molecule has 188 valence electrons. The van der Waals surface area contributed by atoms with Crippen LogP contribution in [0.25, 0.3) is 0 Å². The van der Waals surface area contributed by atoms with Gasteiger partial charge in [0, 0.05) is 17.6 Å². The summed E-state index contributed by atoms with van der Waals surface area (Å²) in [5.41, 5.74) is 1.94. The zero-order chi connectivity index (χ0) is 25.1. The topological polar surface area (TPSA) is 67.8 Å². The number of benzene rings is 2. The molecule has 0 aliphatic carbocycles. The second-order valence-corrected chi connectivity index (χ2v) is 15.7. The van der Waals surface area contributed by atoms with Gasteiger partial charge in [-0.25, -0.2) is 0 Å². The Balaban J connectivity index is 1.99. The quantitative estimate of drug-likeness (QED) is 0.192. The van der Waals surface area contributed by atoms with Crippen LogP contribution in [-0.2, 0) is 15.4 Å². The molecule has 2 aromatic rings. The molecule has 0 spiro atoms. The Morgan fingerprint density at radius 2 is 1.71 bits per heavy atom. The van der Waals surface area contributed by atoms with E-state index in [1.165, 1.54) is 5.56 Å². The molecule has 0 radical (unpaired) electrons. The van der Waals surface area contributed by atoms with Gasteiger partial charge in [-0.2, -0.15) is 4.89 Å². The lowest BCUT2D eigenvalue weighted by Crippen LogP contribution is -2.41. The molecule has 4 atom stereocenters. The SMILES string of the molecule is CC[Si](CC)(CC)OC(CNC(C)Cc1ccc(OCC(C)[P+](=O)O)cc1)c1cccc(Cl)c1. The van der Waals surface area contributed by atoms with Crippen LogP contribution in [0.3, 0.4) is 0 Å². The zero-order valence-corrected chi connectivity index (χ0v) is 23.7. The molecular weight excluding hydrogens is 485 g/mol. The van der Waals surface area contributed by atoms with Crippen LogP contribution in [-0.4, -0.2) is 38.1 Å². The Bertz CT molecular complexity index is 886. The minimum absolute atomic E-state index is 0.0246. The number of nitrogens with one attached hydrogen (secondary N) is 1. The van der Waals surface area contributed by atoms with Gasteiger partial charge in [0.15, 0.2) is 8.32 Å². The van der Waals surface area contributed by atoms with Crippen LogP contribution in [0.1, 0.15) is 51.8 Å². The van der Waals surface area contributed by atoms with Gasteiger partial charge in [0.1, 0.15) is 12.4 Å². The third-order valence-corrected chi connectivity index (χ3v) is 12.3. The average molecular weight is 525 g/mol. The van der Waals surface area contributed by atoms with Crippen molar-refractivity contribution >= 4 is 27.9 Å². The second kappa shape index (κ2) is 14.3. The van der Waals surface area contributed by atoms with E-state index in [0.29, 0.717) is 5.75 Å². The molecule has 0 heterocycles. The van der Waals surface area contributed by atoms with Gasteiger partial charge in [-0.3, -0.25) is 0 Å². The first-order chi connectivity index (χ1) is 16.2. The van der Waals surface area contributed by atoms with Gasteiger partial charge in [-0.05, 0) is 78.4 Å². The van der Waals surface area contributed by atoms with Crippen molar-refractivity contribution in [1.29, 1.82) is 0 Å². The summed E-state index contributed by atoms with van der Waals surface area (Å²) in [5.74, 6) is 0.711. The molecule has 34 heavy (non-hydrogen) atoms. The fraction of sp³-hybridized carbons (Fsp3) is 0.538. The first-order valence-electron chi connectivity index (χ1n) is 12.3. The summed E-state index contributed by atoms with van der Waals surface area (Å²) in [6.45, 7) is 11.6. The number of rotatable bonds is 15. The molecule has 0 aromatic heterocycles. The van der Waals surface area contributed by atoms with E-state index < -0.39 is 16.3 Å². The van der Waals surface area contributed by atoms with Crippen LogP contribution in [0.15, 0.2) is 48.5 Å². The molecule has 2 N–H and O–H groups in total. The summed E-state index contributed by atoms with van der Waals surface area (Å²) in [4.78, 5) is 9.13. The van der Waals surface area contributed by atoms with Crippen molar-refractivity contribution in [2.75, 3.05) is 13.2 Å². The predicted molar refractivity (Wildman–Crippen MR) is 145 cm³/mol. The van der Waals surface area contributed by atoms with E-state index in [1.807, 2.05) is 42.5 Å². The summed E-state index contributed by atoms with van der Waals surface area (Å²) in [7, 11) is -4.00. The van der Waals surface area contributed by atoms with Crippen LogP contribution >= 0.6 is 19.6 Å². The molecule has 0 saturated carbocycles. The van der Waals surface area contributed by atoms with Crippen molar-refractivity contribution < 1.29 is 18.6 Å². The van der Waals surface area contributed by atoms with Crippen LogP contribution in [0.5, 0.6) is 5.75 Å².